The number of benzene rings is 2. The quantitative estimate of drug-likeness (QED) is 0.768. The van der Waals surface area contributed by atoms with Crippen molar-refractivity contribution in [3.8, 4) is 0 Å². The second-order valence-corrected chi connectivity index (χ2v) is 7.64. The zero-order valence-corrected chi connectivity index (χ0v) is 15.7. The standard InChI is InChI=1S/C22H24N2O2/c1-15-10-11-19-17(12-15)13-18(20(25)23-19)14-24(22(2,3)4)21(26)16-8-6-5-7-9-16/h5-13H,14H2,1-4H3,(H,23,25). The van der Waals surface area contributed by atoms with Gasteiger partial charge in [0.15, 0.2) is 0 Å². The molecule has 0 saturated heterocycles. The van der Waals surface area contributed by atoms with Gasteiger partial charge in [-0.1, -0.05) is 29.8 Å². The maximum Gasteiger partial charge on any atom is 0.254 e. The topological polar surface area (TPSA) is 53.2 Å². The number of nitrogens with zero attached hydrogens (tertiary/aromatic N) is 1. The van der Waals surface area contributed by atoms with Crippen molar-refractivity contribution in [1.82, 2.24) is 9.88 Å². The summed E-state index contributed by atoms with van der Waals surface area (Å²) < 4.78 is 0. The fraction of sp³-hybridized carbons (Fsp3) is 0.273. The van der Waals surface area contributed by atoms with Crippen LogP contribution >= 0.6 is 0 Å². The average Bonchev–Trinajstić information content (AvgIpc) is 2.59. The first-order valence-electron chi connectivity index (χ1n) is 8.75. The Labute approximate surface area is 153 Å². The Morgan fingerprint density at radius 1 is 1.04 bits per heavy atom. The van der Waals surface area contributed by atoms with Crippen LogP contribution in [0.5, 0.6) is 0 Å². The van der Waals surface area contributed by atoms with E-state index in [2.05, 4.69) is 4.98 Å². The van der Waals surface area contributed by atoms with E-state index in [0.717, 1.165) is 16.5 Å². The van der Waals surface area contributed by atoms with Gasteiger partial charge in [-0.3, -0.25) is 9.59 Å². The molecule has 4 heteroatoms. The molecule has 0 atom stereocenters. The zero-order valence-electron chi connectivity index (χ0n) is 15.7. The lowest BCUT2D eigenvalue weighted by molar-refractivity contribution is 0.0558. The summed E-state index contributed by atoms with van der Waals surface area (Å²) in [6.07, 6.45) is 0. The normalized spacial score (nSPS) is 11.5. The van der Waals surface area contributed by atoms with Crippen LogP contribution in [-0.4, -0.2) is 21.3 Å². The van der Waals surface area contributed by atoms with Crippen LogP contribution in [-0.2, 0) is 6.54 Å². The van der Waals surface area contributed by atoms with Crippen molar-refractivity contribution in [1.29, 1.82) is 0 Å². The molecule has 1 amide bonds. The highest BCUT2D eigenvalue weighted by Gasteiger charge is 2.28. The number of carbonyl (C=O) groups excluding carboxylic acids is 1. The van der Waals surface area contributed by atoms with Gasteiger partial charge in [-0.25, -0.2) is 0 Å². The minimum Gasteiger partial charge on any atom is -0.329 e. The predicted octanol–water partition coefficient (Wildman–Crippen LogP) is 4.28. The number of fused-ring (bicyclic) bond motifs is 1. The van der Waals surface area contributed by atoms with E-state index in [1.54, 1.807) is 17.0 Å². The van der Waals surface area contributed by atoms with Crippen molar-refractivity contribution < 1.29 is 4.79 Å². The SMILES string of the molecule is Cc1ccc2[nH]c(=O)c(CN(C(=O)c3ccccc3)C(C)(C)C)cc2c1. The maximum absolute atomic E-state index is 13.0. The second-order valence-electron chi connectivity index (χ2n) is 7.64. The third kappa shape index (κ3) is 3.69. The number of hydrogen-bond acceptors (Lipinski definition) is 2. The molecule has 0 aliphatic heterocycles. The monoisotopic (exact) mass is 348 g/mol. The Kier molecular flexibility index (Phi) is 4.68. The van der Waals surface area contributed by atoms with Gasteiger partial charge in [0.1, 0.15) is 0 Å². The molecule has 0 radical (unpaired) electrons. The van der Waals surface area contributed by atoms with Gasteiger partial charge < -0.3 is 9.88 Å². The van der Waals surface area contributed by atoms with Gasteiger partial charge in [0, 0.05) is 22.2 Å². The van der Waals surface area contributed by atoms with Crippen molar-refractivity contribution in [3.05, 3.63) is 81.6 Å². The number of carbonyl (C=O) groups is 1. The van der Waals surface area contributed by atoms with E-state index in [1.807, 2.05) is 70.2 Å². The molecule has 0 aliphatic carbocycles. The summed E-state index contributed by atoms with van der Waals surface area (Å²) in [5.74, 6) is -0.0816. The Morgan fingerprint density at radius 3 is 2.38 bits per heavy atom. The molecular formula is C22H24N2O2. The lowest BCUT2D eigenvalue weighted by Crippen LogP contribution is -2.46. The number of nitrogens with one attached hydrogen (secondary N) is 1. The van der Waals surface area contributed by atoms with Gasteiger partial charge in [0.05, 0.1) is 6.54 Å². The van der Waals surface area contributed by atoms with Crippen LogP contribution < -0.4 is 5.56 Å². The summed E-state index contributed by atoms with van der Waals surface area (Å²) in [6.45, 7) is 8.22. The molecule has 0 bridgehead atoms. The molecule has 0 aliphatic rings. The van der Waals surface area contributed by atoms with E-state index < -0.39 is 5.54 Å². The van der Waals surface area contributed by atoms with Crippen molar-refractivity contribution in [2.75, 3.05) is 0 Å². The molecule has 3 aromatic rings. The number of hydrogen-bond donors (Lipinski definition) is 1. The van der Waals surface area contributed by atoms with Crippen LogP contribution in [0.1, 0.15) is 42.3 Å². The van der Waals surface area contributed by atoms with Crippen LogP contribution in [0.15, 0.2) is 59.4 Å². The number of rotatable bonds is 3. The number of aromatic nitrogens is 1. The van der Waals surface area contributed by atoms with Gasteiger partial charge >= 0.3 is 0 Å². The van der Waals surface area contributed by atoms with Crippen molar-refractivity contribution in [2.24, 2.45) is 0 Å². The minimum atomic E-state index is -0.416. The summed E-state index contributed by atoms with van der Waals surface area (Å²) >= 11 is 0. The first-order chi connectivity index (χ1) is 12.3. The third-order valence-electron chi connectivity index (χ3n) is 4.48. The summed E-state index contributed by atoms with van der Waals surface area (Å²) in [4.78, 5) is 30.3. The summed E-state index contributed by atoms with van der Waals surface area (Å²) in [5, 5.41) is 0.973. The largest absolute Gasteiger partial charge is 0.329 e. The molecule has 1 heterocycles. The highest BCUT2D eigenvalue weighted by atomic mass is 16.2. The lowest BCUT2D eigenvalue weighted by atomic mass is 10.0. The van der Waals surface area contributed by atoms with Crippen LogP contribution in [0.25, 0.3) is 10.9 Å². The number of amides is 1. The summed E-state index contributed by atoms with van der Waals surface area (Å²) in [6, 6.07) is 17.0. The van der Waals surface area contributed by atoms with Gasteiger partial charge in [-0.15, -0.1) is 0 Å². The van der Waals surface area contributed by atoms with E-state index in [1.165, 1.54) is 0 Å². The molecular weight excluding hydrogens is 324 g/mol. The molecule has 0 saturated carbocycles. The molecule has 26 heavy (non-hydrogen) atoms. The van der Waals surface area contributed by atoms with E-state index in [4.69, 9.17) is 0 Å². The predicted molar refractivity (Wildman–Crippen MR) is 105 cm³/mol. The molecule has 1 aromatic heterocycles. The molecule has 1 N–H and O–H groups in total. The maximum atomic E-state index is 13.0. The van der Waals surface area contributed by atoms with Gasteiger partial charge in [0.2, 0.25) is 0 Å². The summed E-state index contributed by atoms with van der Waals surface area (Å²) in [5.41, 5.74) is 2.57. The highest BCUT2D eigenvalue weighted by molar-refractivity contribution is 5.94. The van der Waals surface area contributed by atoms with Crippen molar-refractivity contribution in [3.63, 3.8) is 0 Å². The Bertz CT molecular complexity index is 998. The van der Waals surface area contributed by atoms with E-state index in [0.29, 0.717) is 11.1 Å². The van der Waals surface area contributed by atoms with Crippen LogP contribution in [0.4, 0.5) is 0 Å². The van der Waals surface area contributed by atoms with Crippen LogP contribution in [0.2, 0.25) is 0 Å². The van der Waals surface area contributed by atoms with E-state index in [9.17, 15) is 9.59 Å². The highest BCUT2D eigenvalue weighted by Crippen LogP contribution is 2.21. The zero-order chi connectivity index (χ0) is 18.9. The number of H-pyrrole nitrogens is 1. The average molecular weight is 348 g/mol. The molecule has 0 unspecified atom stereocenters. The van der Waals surface area contributed by atoms with Crippen molar-refractivity contribution in [2.45, 2.75) is 39.8 Å². The molecule has 2 aromatic carbocycles. The Balaban J connectivity index is 2.02. The van der Waals surface area contributed by atoms with Gasteiger partial charge in [0.25, 0.3) is 11.5 Å². The first kappa shape index (κ1) is 17.9. The second kappa shape index (κ2) is 6.79. The lowest BCUT2D eigenvalue weighted by Gasteiger charge is -2.35. The molecule has 0 fully saturated rings. The van der Waals surface area contributed by atoms with Gasteiger partial charge in [-0.2, -0.15) is 0 Å². The number of aryl methyl sites for hydroxylation is 1. The molecule has 134 valence electrons. The van der Waals surface area contributed by atoms with Crippen LogP contribution in [0.3, 0.4) is 0 Å². The number of aromatic amines is 1. The smallest absolute Gasteiger partial charge is 0.254 e. The summed E-state index contributed by atoms with van der Waals surface area (Å²) in [7, 11) is 0. The fourth-order valence-electron chi connectivity index (χ4n) is 3.01. The van der Waals surface area contributed by atoms with Crippen molar-refractivity contribution >= 4 is 16.8 Å². The van der Waals surface area contributed by atoms with E-state index >= 15 is 0 Å². The fourth-order valence-corrected chi connectivity index (χ4v) is 3.01. The first-order valence-corrected chi connectivity index (χ1v) is 8.75. The molecule has 0 spiro atoms. The van der Waals surface area contributed by atoms with Crippen LogP contribution in [0, 0.1) is 6.92 Å². The molecule has 4 nitrogen and oxygen atoms in total. The Hall–Kier alpha value is -2.88. The van der Waals surface area contributed by atoms with Gasteiger partial charge in [-0.05, 0) is 63.4 Å². The van der Waals surface area contributed by atoms with E-state index in [-0.39, 0.29) is 18.0 Å². The third-order valence-corrected chi connectivity index (χ3v) is 4.48. The molecule has 3 rings (SSSR count). The Morgan fingerprint density at radius 2 is 1.73 bits per heavy atom. The minimum absolute atomic E-state index is 0.0816. The number of pyridine rings is 1.